The number of nitrogens with zero attached hydrogens (tertiary/aromatic N) is 1. The van der Waals surface area contributed by atoms with Crippen LogP contribution in [-0.4, -0.2) is 38.9 Å². The first kappa shape index (κ1) is 21.6. The van der Waals surface area contributed by atoms with E-state index in [4.69, 9.17) is 18.9 Å². The molecule has 1 fully saturated rings. The van der Waals surface area contributed by atoms with Crippen molar-refractivity contribution >= 4 is 29.9 Å². The van der Waals surface area contributed by atoms with Crippen LogP contribution in [0.3, 0.4) is 0 Å². The average Bonchev–Trinajstić information content (AvgIpc) is 3.37. The number of benzene rings is 1. The van der Waals surface area contributed by atoms with Crippen molar-refractivity contribution in [2.75, 3.05) is 26.8 Å². The number of ether oxygens (including phenoxy) is 2. The number of aliphatic imine (C=N–C) groups is 1. The summed E-state index contributed by atoms with van der Waals surface area (Å²) in [5.74, 6) is 2.59. The van der Waals surface area contributed by atoms with E-state index in [1.165, 1.54) is 0 Å². The Labute approximate surface area is 177 Å². The summed E-state index contributed by atoms with van der Waals surface area (Å²) in [4.78, 5) is 4.70. The predicted molar refractivity (Wildman–Crippen MR) is 117 cm³/mol. The van der Waals surface area contributed by atoms with Crippen LogP contribution in [0.5, 0.6) is 5.75 Å². The minimum atomic E-state index is 0. The molecule has 2 aromatic rings. The Morgan fingerprint density at radius 2 is 2.19 bits per heavy atom. The molecule has 1 atom stereocenters. The number of halogens is 1. The summed E-state index contributed by atoms with van der Waals surface area (Å²) in [6.07, 6.45) is 5.01. The van der Waals surface area contributed by atoms with Crippen molar-refractivity contribution in [3.8, 4) is 5.75 Å². The highest BCUT2D eigenvalue weighted by atomic mass is 127. The Bertz CT molecular complexity index is 686. The largest absolute Gasteiger partial charge is 0.497 e. The highest BCUT2D eigenvalue weighted by Crippen LogP contribution is 2.13. The molecule has 3 rings (SSSR count). The lowest BCUT2D eigenvalue weighted by molar-refractivity contribution is 0.114. The Kier molecular flexibility index (Phi) is 9.47. The molecule has 148 valence electrons. The van der Waals surface area contributed by atoms with Gasteiger partial charge in [0.15, 0.2) is 5.96 Å². The third-order valence-electron chi connectivity index (χ3n) is 4.32. The molecule has 0 aliphatic carbocycles. The lowest BCUT2D eigenvalue weighted by Gasteiger charge is -2.15. The second-order valence-electron chi connectivity index (χ2n) is 6.29. The van der Waals surface area contributed by atoms with E-state index < -0.39 is 0 Å². The fourth-order valence-electron chi connectivity index (χ4n) is 2.89. The molecular formula is C20H28IN3O3. The van der Waals surface area contributed by atoms with E-state index in [0.29, 0.717) is 6.54 Å². The average molecular weight is 485 g/mol. The maximum absolute atomic E-state index is 5.68. The molecule has 0 amide bonds. The number of nitrogens with one attached hydrogen (secondary N) is 2. The Hall–Kier alpha value is -1.74. The number of guanidine groups is 1. The van der Waals surface area contributed by atoms with Gasteiger partial charge in [0.05, 0.1) is 26.0 Å². The molecule has 0 radical (unpaired) electrons. The molecular weight excluding hydrogens is 457 g/mol. The van der Waals surface area contributed by atoms with Crippen molar-refractivity contribution in [2.45, 2.75) is 31.9 Å². The molecule has 1 aromatic carbocycles. The zero-order valence-corrected chi connectivity index (χ0v) is 18.0. The van der Waals surface area contributed by atoms with Crippen LogP contribution < -0.4 is 15.4 Å². The highest BCUT2D eigenvalue weighted by Gasteiger charge is 2.15. The summed E-state index contributed by atoms with van der Waals surface area (Å²) >= 11 is 0. The number of rotatable bonds is 8. The zero-order valence-electron chi connectivity index (χ0n) is 15.6. The first-order valence-electron chi connectivity index (χ1n) is 9.12. The van der Waals surface area contributed by atoms with Gasteiger partial charge in [0.1, 0.15) is 11.5 Å². The van der Waals surface area contributed by atoms with Gasteiger partial charge in [-0.25, -0.2) is 4.99 Å². The summed E-state index contributed by atoms with van der Waals surface area (Å²) in [6, 6.07) is 11.9. The zero-order chi connectivity index (χ0) is 18.0. The minimum absolute atomic E-state index is 0. The van der Waals surface area contributed by atoms with Crippen LogP contribution in [0, 0.1) is 0 Å². The number of furan rings is 1. The van der Waals surface area contributed by atoms with E-state index >= 15 is 0 Å². The second kappa shape index (κ2) is 11.9. The smallest absolute Gasteiger partial charge is 0.191 e. The molecule has 2 N–H and O–H groups in total. The van der Waals surface area contributed by atoms with E-state index in [2.05, 4.69) is 10.6 Å². The molecule has 6 nitrogen and oxygen atoms in total. The van der Waals surface area contributed by atoms with Crippen LogP contribution in [0.15, 0.2) is 52.1 Å². The number of hydrogen-bond donors (Lipinski definition) is 2. The van der Waals surface area contributed by atoms with Gasteiger partial charge in [-0.2, -0.15) is 0 Å². The van der Waals surface area contributed by atoms with E-state index in [1.54, 1.807) is 13.4 Å². The Balaban J connectivity index is 0.00000261. The molecule has 1 aromatic heterocycles. The molecule has 0 bridgehead atoms. The molecule has 1 aliphatic heterocycles. The van der Waals surface area contributed by atoms with Crippen molar-refractivity contribution in [1.29, 1.82) is 0 Å². The molecule has 1 unspecified atom stereocenters. The summed E-state index contributed by atoms with van der Waals surface area (Å²) < 4.78 is 16.3. The van der Waals surface area contributed by atoms with Crippen LogP contribution >= 0.6 is 24.0 Å². The first-order chi connectivity index (χ1) is 12.8. The summed E-state index contributed by atoms with van der Waals surface area (Å²) in [7, 11) is 1.67. The summed E-state index contributed by atoms with van der Waals surface area (Å²) in [6.45, 7) is 2.96. The molecule has 1 saturated heterocycles. The van der Waals surface area contributed by atoms with E-state index in [-0.39, 0.29) is 30.1 Å². The fraction of sp³-hybridized carbons (Fsp3) is 0.450. The summed E-state index contributed by atoms with van der Waals surface area (Å²) in [5, 5.41) is 6.77. The number of hydrogen-bond acceptors (Lipinski definition) is 4. The van der Waals surface area contributed by atoms with E-state index in [9.17, 15) is 0 Å². The van der Waals surface area contributed by atoms with Crippen molar-refractivity contribution in [3.05, 3.63) is 54.0 Å². The monoisotopic (exact) mass is 485 g/mol. The van der Waals surface area contributed by atoms with Gasteiger partial charge in [0.2, 0.25) is 0 Å². The van der Waals surface area contributed by atoms with Gasteiger partial charge in [0.25, 0.3) is 0 Å². The van der Waals surface area contributed by atoms with Gasteiger partial charge < -0.3 is 24.5 Å². The van der Waals surface area contributed by atoms with Gasteiger partial charge in [-0.15, -0.1) is 24.0 Å². The standard InChI is InChI=1S/C20H27N3O3.HI/c1-24-18-6-2-5-16(13-18)14-22-20(23-15-19-8-4-12-26-19)21-10-9-17-7-3-11-25-17;/h2-3,5-7,11,13,19H,4,8-10,12,14-15H2,1H3,(H2,21,22,23);1H. The van der Waals surface area contributed by atoms with Crippen LogP contribution in [0.4, 0.5) is 0 Å². The van der Waals surface area contributed by atoms with Crippen molar-refractivity contribution in [1.82, 2.24) is 10.6 Å². The van der Waals surface area contributed by atoms with Crippen LogP contribution in [0.2, 0.25) is 0 Å². The molecule has 0 spiro atoms. The SMILES string of the molecule is COc1cccc(CN=C(NCCc2ccco2)NCC2CCCO2)c1.I. The van der Waals surface area contributed by atoms with Crippen LogP contribution in [-0.2, 0) is 17.7 Å². The maximum Gasteiger partial charge on any atom is 0.191 e. The normalized spacial score (nSPS) is 16.6. The van der Waals surface area contributed by atoms with E-state index in [0.717, 1.165) is 62.0 Å². The second-order valence-corrected chi connectivity index (χ2v) is 6.29. The van der Waals surface area contributed by atoms with Crippen LogP contribution in [0.1, 0.15) is 24.2 Å². The third kappa shape index (κ3) is 7.42. The van der Waals surface area contributed by atoms with Crippen molar-refractivity contribution in [3.63, 3.8) is 0 Å². The molecule has 1 aliphatic rings. The quantitative estimate of drug-likeness (QED) is 0.341. The lowest BCUT2D eigenvalue weighted by Crippen LogP contribution is -2.41. The topological polar surface area (TPSA) is 68.0 Å². The van der Waals surface area contributed by atoms with Gasteiger partial charge in [-0.3, -0.25) is 0 Å². The van der Waals surface area contributed by atoms with Crippen molar-refractivity contribution in [2.24, 2.45) is 4.99 Å². The Morgan fingerprint density at radius 3 is 2.93 bits per heavy atom. The fourth-order valence-corrected chi connectivity index (χ4v) is 2.89. The molecule has 2 heterocycles. The molecule has 0 saturated carbocycles. The van der Waals surface area contributed by atoms with Gasteiger partial charge in [-0.05, 0) is 42.7 Å². The first-order valence-corrected chi connectivity index (χ1v) is 9.12. The minimum Gasteiger partial charge on any atom is -0.497 e. The maximum atomic E-state index is 5.68. The number of methoxy groups -OCH3 is 1. The van der Waals surface area contributed by atoms with Gasteiger partial charge >= 0.3 is 0 Å². The summed E-state index contributed by atoms with van der Waals surface area (Å²) in [5.41, 5.74) is 1.11. The van der Waals surface area contributed by atoms with Crippen molar-refractivity contribution < 1.29 is 13.9 Å². The van der Waals surface area contributed by atoms with E-state index in [1.807, 2.05) is 36.4 Å². The lowest BCUT2D eigenvalue weighted by atomic mass is 10.2. The predicted octanol–water partition coefficient (Wildman–Crippen LogP) is 3.36. The third-order valence-corrected chi connectivity index (χ3v) is 4.32. The highest BCUT2D eigenvalue weighted by molar-refractivity contribution is 14.0. The van der Waals surface area contributed by atoms with Gasteiger partial charge in [-0.1, -0.05) is 12.1 Å². The molecule has 27 heavy (non-hydrogen) atoms. The molecule has 7 heteroatoms. The Morgan fingerprint density at radius 1 is 1.26 bits per heavy atom. The van der Waals surface area contributed by atoms with Gasteiger partial charge in [0, 0.05) is 26.1 Å². The van der Waals surface area contributed by atoms with Crippen LogP contribution in [0.25, 0.3) is 0 Å².